The normalized spacial score (nSPS) is 11.0. The van der Waals surface area contributed by atoms with Gasteiger partial charge in [0.05, 0.1) is 11.3 Å². The Labute approximate surface area is 120 Å². The molecule has 104 valence electrons. The van der Waals surface area contributed by atoms with Crippen molar-refractivity contribution >= 4 is 29.3 Å². The molecule has 2 amide bonds. The number of rotatable bonds is 5. The van der Waals surface area contributed by atoms with E-state index in [1.807, 2.05) is 6.07 Å². The van der Waals surface area contributed by atoms with Crippen LogP contribution in [0.25, 0.3) is 0 Å². The quantitative estimate of drug-likeness (QED) is 0.725. The minimum absolute atomic E-state index is 0.0867. The summed E-state index contributed by atoms with van der Waals surface area (Å²) < 4.78 is 0. The van der Waals surface area contributed by atoms with Gasteiger partial charge in [-0.05, 0) is 24.6 Å². The minimum Gasteiger partial charge on any atom is -0.480 e. The van der Waals surface area contributed by atoms with Gasteiger partial charge in [0.25, 0.3) is 0 Å². The highest BCUT2D eigenvalue weighted by molar-refractivity contribution is 6.31. The first kappa shape index (κ1) is 15.5. The molecular weight excluding hydrogens is 282 g/mol. The number of nitrogens with zero attached hydrogens (tertiary/aromatic N) is 1. The van der Waals surface area contributed by atoms with Crippen molar-refractivity contribution in [1.29, 1.82) is 5.26 Å². The highest BCUT2D eigenvalue weighted by Crippen LogP contribution is 2.20. The number of carbonyl (C=O) groups excluding carboxylic acids is 1. The number of hydrogen-bond donors (Lipinski definition) is 3. The van der Waals surface area contributed by atoms with E-state index in [1.54, 1.807) is 0 Å². The lowest BCUT2D eigenvalue weighted by Crippen LogP contribution is -2.42. The SMILES string of the molecule is C=CCC(NC(=O)Nc1cc(Cl)ccc1C#N)C(=O)O. The monoisotopic (exact) mass is 293 g/mol. The topological polar surface area (TPSA) is 102 Å². The second-order valence-corrected chi connectivity index (χ2v) is 4.25. The second kappa shape index (κ2) is 7.16. The zero-order valence-electron chi connectivity index (χ0n) is 10.4. The molecule has 7 heteroatoms. The number of halogens is 1. The largest absolute Gasteiger partial charge is 0.480 e. The summed E-state index contributed by atoms with van der Waals surface area (Å²) in [5.41, 5.74) is 0.431. The Morgan fingerprint density at radius 2 is 2.25 bits per heavy atom. The molecule has 1 unspecified atom stereocenters. The van der Waals surface area contributed by atoms with Gasteiger partial charge in [-0.25, -0.2) is 9.59 Å². The molecule has 1 atom stereocenters. The Morgan fingerprint density at radius 3 is 2.80 bits per heavy atom. The Balaban J connectivity index is 2.80. The average Bonchev–Trinajstić information content (AvgIpc) is 2.38. The van der Waals surface area contributed by atoms with Gasteiger partial charge in [-0.2, -0.15) is 5.26 Å². The fourth-order valence-electron chi connectivity index (χ4n) is 1.42. The molecular formula is C13H12ClN3O3. The summed E-state index contributed by atoms with van der Waals surface area (Å²) in [5.74, 6) is -1.17. The highest BCUT2D eigenvalue weighted by Gasteiger charge is 2.18. The summed E-state index contributed by atoms with van der Waals surface area (Å²) in [7, 11) is 0. The molecule has 0 heterocycles. The minimum atomic E-state index is -1.17. The standard InChI is InChI=1S/C13H12ClN3O3/c1-2-3-10(12(18)19)16-13(20)17-11-6-9(14)5-4-8(11)7-15/h2,4-6,10H,1,3H2,(H,18,19)(H2,16,17,20). The van der Waals surface area contributed by atoms with Gasteiger partial charge in [0.1, 0.15) is 12.1 Å². The number of nitriles is 1. The van der Waals surface area contributed by atoms with E-state index in [0.29, 0.717) is 5.02 Å². The number of urea groups is 1. The van der Waals surface area contributed by atoms with Crippen LogP contribution in [0.3, 0.4) is 0 Å². The van der Waals surface area contributed by atoms with Crippen LogP contribution in [0.4, 0.5) is 10.5 Å². The van der Waals surface area contributed by atoms with Crippen molar-refractivity contribution in [2.24, 2.45) is 0 Å². The van der Waals surface area contributed by atoms with Gasteiger partial charge in [-0.3, -0.25) is 0 Å². The van der Waals surface area contributed by atoms with Crippen molar-refractivity contribution in [3.8, 4) is 6.07 Å². The molecule has 20 heavy (non-hydrogen) atoms. The molecule has 0 spiro atoms. The van der Waals surface area contributed by atoms with E-state index in [1.165, 1.54) is 24.3 Å². The molecule has 0 aliphatic rings. The van der Waals surface area contributed by atoms with E-state index in [2.05, 4.69) is 17.2 Å². The smallest absolute Gasteiger partial charge is 0.326 e. The van der Waals surface area contributed by atoms with E-state index >= 15 is 0 Å². The van der Waals surface area contributed by atoms with Crippen LogP contribution in [0.5, 0.6) is 0 Å². The predicted octanol–water partition coefficient (Wildman–Crippen LogP) is 2.36. The highest BCUT2D eigenvalue weighted by atomic mass is 35.5. The molecule has 0 aliphatic carbocycles. The zero-order valence-corrected chi connectivity index (χ0v) is 11.1. The number of anilines is 1. The van der Waals surface area contributed by atoms with Crippen molar-refractivity contribution in [2.75, 3.05) is 5.32 Å². The van der Waals surface area contributed by atoms with Crippen LogP contribution in [-0.2, 0) is 4.79 Å². The molecule has 3 N–H and O–H groups in total. The van der Waals surface area contributed by atoms with Gasteiger partial charge >= 0.3 is 12.0 Å². The summed E-state index contributed by atoms with van der Waals surface area (Å²) in [6, 6.07) is 4.45. The van der Waals surface area contributed by atoms with Gasteiger partial charge in [0, 0.05) is 5.02 Å². The van der Waals surface area contributed by atoms with Gasteiger partial charge < -0.3 is 15.7 Å². The molecule has 1 aromatic carbocycles. The van der Waals surface area contributed by atoms with Crippen molar-refractivity contribution < 1.29 is 14.7 Å². The molecule has 0 fully saturated rings. The summed E-state index contributed by atoms with van der Waals surface area (Å²) in [6.07, 6.45) is 1.47. The second-order valence-electron chi connectivity index (χ2n) is 3.82. The van der Waals surface area contributed by atoms with E-state index in [4.69, 9.17) is 22.0 Å². The van der Waals surface area contributed by atoms with Crippen LogP contribution >= 0.6 is 11.6 Å². The zero-order chi connectivity index (χ0) is 15.1. The average molecular weight is 294 g/mol. The summed E-state index contributed by atoms with van der Waals surface area (Å²) in [4.78, 5) is 22.6. The summed E-state index contributed by atoms with van der Waals surface area (Å²) in [5, 5.41) is 22.8. The van der Waals surface area contributed by atoms with Gasteiger partial charge in [-0.15, -0.1) is 6.58 Å². The molecule has 0 aliphatic heterocycles. The fraction of sp³-hybridized carbons (Fsp3) is 0.154. The lowest BCUT2D eigenvalue weighted by Gasteiger charge is -2.14. The Kier molecular flexibility index (Phi) is 5.56. The first-order chi connectivity index (χ1) is 9.47. The molecule has 0 radical (unpaired) electrons. The van der Waals surface area contributed by atoms with E-state index in [9.17, 15) is 9.59 Å². The maximum absolute atomic E-state index is 11.7. The Hall–Kier alpha value is -2.52. The number of carboxylic acid groups (broad SMARTS) is 1. The van der Waals surface area contributed by atoms with Crippen molar-refractivity contribution in [3.63, 3.8) is 0 Å². The van der Waals surface area contributed by atoms with Crippen molar-refractivity contribution in [1.82, 2.24) is 5.32 Å². The van der Waals surface area contributed by atoms with Gasteiger partial charge in [0.2, 0.25) is 0 Å². The van der Waals surface area contributed by atoms with Gasteiger partial charge in [-0.1, -0.05) is 17.7 Å². The maximum atomic E-state index is 11.7. The number of amides is 2. The number of nitrogens with one attached hydrogen (secondary N) is 2. The van der Waals surface area contributed by atoms with Crippen LogP contribution in [0.2, 0.25) is 5.02 Å². The van der Waals surface area contributed by atoms with Gasteiger partial charge in [0.15, 0.2) is 0 Å². The van der Waals surface area contributed by atoms with Crippen LogP contribution in [-0.4, -0.2) is 23.1 Å². The lowest BCUT2D eigenvalue weighted by molar-refractivity contribution is -0.139. The van der Waals surface area contributed by atoms with Crippen LogP contribution < -0.4 is 10.6 Å². The molecule has 6 nitrogen and oxygen atoms in total. The third-order valence-electron chi connectivity index (χ3n) is 2.36. The molecule has 0 aromatic heterocycles. The molecule has 0 saturated heterocycles. The van der Waals surface area contributed by atoms with Crippen molar-refractivity contribution in [3.05, 3.63) is 41.4 Å². The first-order valence-corrected chi connectivity index (χ1v) is 5.96. The van der Waals surface area contributed by atoms with E-state index < -0.39 is 18.0 Å². The Morgan fingerprint density at radius 1 is 1.55 bits per heavy atom. The summed E-state index contributed by atoms with van der Waals surface area (Å²) >= 11 is 5.77. The number of hydrogen-bond acceptors (Lipinski definition) is 3. The number of carboxylic acids is 1. The lowest BCUT2D eigenvalue weighted by atomic mass is 10.2. The molecule has 0 bridgehead atoms. The van der Waals surface area contributed by atoms with Crippen LogP contribution in [0.1, 0.15) is 12.0 Å². The first-order valence-electron chi connectivity index (χ1n) is 5.58. The van der Waals surface area contributed by atoms with Crippen LogP contribution in [0.15, 0.2) is 30.9 Å². The molecule has 1 rings (SSSR count). The maximum Gasteiger partial charge on any atom is 0.326 e. The fourth-order valence-corrected chi connectivity index (χ4v) is 1.59. The summed E-state index contributed by atoms with van der Waals surface area (Å²) in [6.45, 7) is 3.42. The number of benzene rings is 1. The Bertz CT molecular complexity index is 581. The predicted molar refractivity (Wildman–Crippen MR) is 74.6 cm³/mol. The van der Waals surface area contributed by atoms with Crippen molar-refractivity contribution in [2.45, 2.75) is 12.5 Å². The van der Waals surface area contributed by atoms with Crippen LogP contribution in [0, 0.1) is 11.3 Å². The third kappa shape index (κ3) is 4.30. The number of aliphatic carboxylic acids is 1. The van der Waals surface area contributed by atoms with E-state index in [0.717, 1.165) is 0 Å². The third-order valence-corrected chi connectivity index (χ3v) is 2.59. The number of carbonyl (C=O) groups is 2. The molecule has 1 aromatic rings. The molecule has 0 saturated carbocycles. The van der Waals surface area contributed by atoms with E-state index in [-0.39, 0.29) is 17.7 Å².